The third-order valence-corrected chi connectivity index (χ3v) is 1.98. The van der Waals surface area contributed by atoms with Crippen molar-refractivity contribution in [2.75, 3.05) is 6.16 Å². The fourth-order valence-electron chi connectivity index (χ4n) is 0.726. The molecule has 0 fully saturated rings. The van der Waals surface area contributed by atoms with Crippen LogP contribution >= 0.6 is 8.03 Å². The van der Waals surface area contributed by atoms with Crippen LogP contribution in [0.4, 0.5) is 13.2 Å². The predicted molar refractivity (Wildman–Crippen MR) is 34.5 cm³/mol. The number of hydrogen-bond acceptors (Lipinski definition) is 1. The highest BCUT2D eigenvalue weighted by molar-refractivity contribution is 7.37. The SMILES string of the molecule is CC(C[P+](=O)O)CC(F)(F)F. The lowest BCUT2D eigenvalue weighted by Crippen LogP contribution is -2.14. The van der Waals surface area contributed by atoms with E-state index in [-0.39, 0.29) is 6.16 Å². The van der Waals surface area contributed by atoms with E-state index in [2.05, 4.69) is 0 Å². The van der Waals surface area contributed by atoms with Gasteiger partial charge < -0.3 is 0 Å². The average molecular weight is 189 g/mol. The van der Waals surface area contributed by atoms with Gasteiger partial charge in [-0.2, -0.15) is 18.1 Å². The topological polar surface area (TPSA) is 37.3 Å². The van der Waals surface area contributed by atoms with E-state index in [4.69, 9.17) is 4.89 Å². The second-order valence-corrected chi connectivity index (χ2v) is 3.53. The standard InChI is InChI=1S/C5H8F3O2P/c1-4(3-11(9)10)2-5(6,7)8/h4H,2-3H2,1H3/p+1. The van der Waals surface area contributed by atoms with E-state index in [0.29, 0.717) is 0 Å². The molecule has 0 aromatic rings. The molecular formula is C5H9F3O2P+. The largest absolute Gasteiger partial charge is 0.505 e. The highest BCUT2D eigenvalue weighted by Gasteiger charge is 2.32. The molecule has 0 aliphatic carbocycles. The van der Waals surface area contributed by atoms with Crippen molar-refractivity contribution < 1.29 is 22.6 Å². The molecule has 11 heavy (non-hydrogen) atoms. The Balaban J connectivity index is 3.69. The Hall–Kier alpha value is -0.150. The van der Waals surface area contributed by atoms with E-state index in [1.807, 2.05) is 0 Å². The number of hydrogen-bond donors (Lipinski definition) is 1. The molecule has 0 rings (SSSR count). The fraction of sp³-hybridized carbons (Fsp3) is 1.00. The predicted octanol–water partition coefficient (Wildman–Crippen LogP) is 2.31. The summed E-state index contributed by atoms with van der Waals surface area (Å²) in [5.41, 5.74) is 0. The van der Waals surface area contributed by atoms with Crippen LogP contribution in [-0.2, 0) is 4.57 Å². The molecule has 6 heteroatoms. The smallest absolute Gasteiger partial charge is 0.171 e. The summed E-state index contributed by atoms with van der Waals surface area (Å²) in [4.78, 5) is 8.26. The van der Waals surface area contributed by atoms with Crippen molar-refractivity contribution in [2.24, 2.45) is 5.92 Å². The molecule has 0 aliphatic heterocycles. The molecule has 0 aliphatic rings. The average Bonchev–Trinajstić information content (AvgIpc) is 1.53. The molecule has 0 bridgehead atoms. The van der Waals surface area contributed by atoms with Gasteiger partial charge in [0.05, 0.1) is 6.42 Å². The van der Waals surface area contributed by atoms with Crippen LogP contribution in [0.15, 0.2) is 0 Å². The van der Waals surface area contributed by atoms with Crippen LogP contribution in [0.25, 0.3) is 0 Å². The molecule has 2 atom stereocenters. The second kappa shape index (κ2) is 4.02. The van der Waals surface area contributed by atoms with E-state index in [0.717, 1.165) is 0 Å². The van der Waals surface area contributed by atoms with Gasteiger partial charge in [-0.15, -0.1) is 0 Å². The molecule has 0 heterocycles. The Morgan fingerprint density at radius 1 is 1.55 bits per heavy atom. The van der Waals surface area contributed by atoms with Gasteiger partial charge in [-0.05, 0) is 4.57 Å². The third kappa shape index (κ3) is 7.75. The van der Waals surface area contributed by atoms with Crippen LogP contribution in [-0.4, -0.2) is 17.2 Å². The maximum Gasteiger partial charge on any atom is 0.505 e. The van der Waals surface area contributed by atoms with E-state index >= 15 is 0 Å². The first-order chi connectivity index (χ1) is 4.81. The van der Waals surface area contributed by atoms with Gasteiger partial charge in [-0.3, -0.25) is 0 Å². The van der Waals surface area contributed by atoms with Crippen molar-refractivity contribution in [3.63, 3.8) is 0 Å². The molecular weight excluding hydrogens is 180 g/mol. The van der Waals surface area contributed by atoms with Crippen LogP contribution < -0.4 is 0 Å². The molecule has 0 saturated carbocycles. The molecule has 1 N–H and O–H groups in total. The molecule has 0 radical (unpaired) electrons. The highest BCUT2D eigenvalue weighted by Crippen LogP contribution is 2.28. The first-order valence-electron chi connectivity index (χ1n) is 3.01. The van der Waals surface area contributed by atoms with Gasteiger partial charge in [0.1, 0.15) is 0 Å². The molecule has 66 valence electrons. The summed E-state index contributed by atoms with van der Waals surface area (Å²) in [6, 6.07) is 0. The van der Waals surface area contributed by atoms with E-state index in [9.17, 15) is 17.7 Å². The Morgan fingerprint density at radius 2 is 2.00 bits per heavy atom. The van der Waals surface area contributed by atoms with Gasteiger partial charge in [-0.25, -0.2) is 0 Å². The van der Waals surface area contributed by atoms with Gasteiger partial charge in [-0.1, -0.05) is 6.92 Å². The van der Waals surface area contributed by atoms with Gasteiger partial charge >= 0.3 is 14.2 Å². The van der Waals surface area contributed by atoms with Crippen LogP contribution in [0.5, 0.6) is 0 Å². The van der Waals surface area contributed by atoms with Crippen LogP contribution in [0, 0.1) is 5.92 Å². The van der Waals surface area contributed by atoms with Crippen molar-refractivity contribution in [3.05, 3.63) is 0 Å². The number of rotatable bonds is 3. The van der Waals surface area contributed by atoms with Gasteiger partial charge in [0, 0.05) is 5.92 Å². The van der Waals surface area contributed by atoms with E-state index in [1.165, 1.54) is 6.92 Å². The lowest BCUT2D eigenvalue weighted by Gasteiger charge is -2.07. The first-order valence-corrected chi connectivity index (χ1v) is 4.41. The van der Waals surface area contributed by atoms with Crippen molar-refractivity contribution in [3.8, 4) is 0 Å². The maximum absolute atomic E-state index is 11.6. The monoisotopic (exact) mass is 189 g/mol. The molecule has 0 spiro atoms. The fourth-order valence-corrected chi connectivity index (χ4v) is 1.39. The van der Waals surface area contributed by atoms with Gasteiger partial charge in [0.25, 0.3) is 0 Å². The quantitative estimate of drug-likeness (QED) is 0.691. The Labute approximate surface area is 63.3 Å². The molecule has 0 saturated heterocycles. The highest BCUT2D eigenvalue weighted by atomic mass is 31.1. The van der Waals surface area contributed by atoms with Crippen molar-refractivity contribution >= 4 is 8.03 Å². The summed E-state index contributed by atoms with van der Waals surface area (Å²) >= 11 is 0. The zero-order valence-electron chi connectivity index (χ0n) is 5.93. The summed E-state index contributed by atoms with van der Waals surface area (Å²) < 4.78 is 44.8. The summed E-state index contributed by atoms with van der Waals surface area (Å²) in [6.45, 7) is 1.30. The maximum atomic E-state index is 11.6. The second-order valence-electron chi connectivity index (χ2n) is 2.46. The van der Waals surface area contributed by atoms with Gasteiger partial charge in [0.15, 0.2) is 6.16 Å². The van der Waals surface area contributed by atoms with E-state index in [1.54, 1.807) is 0 Å². The number of alkyl halides is 3. The van der Waals surface area contributed by atoms with Crippen molar-refractivity contribution in [1.29, 1.82) is 0 Å². The molecule has 0 aromatic heterocycles. The zero-order chi connectivity index (χ0) is 9.07. The minimum atomic E-state index is -4.23. The van der Waals surface area contributed by atoms with E-state index < -0.39 is 26.5 Å². The minimum absolute atomic E-state index is 0.283. The molecule has 0 amide bonds. The molecule has 2 nitrogen and oxygen atoms in total. The van der Waals surface area contributed by atoms with Crippen LogP contribution in [0.2, 0.25) is 0 Å². The summed E-state index contributed by atoms with van der Waals surface area (Å²) in [6.07, 6.45) is -5.51. The minimum Gasteiger partial charge on any atom is -0.171 e. The Kier molecular flexibility index (Phi) is 3.97. The lowest BCUT2D eigenvalue weighted by molar-refractivity contribution is -0.141. The normalized spacial score (nSPS) is 16.3. The molecule has 2 unspecified atom stereocenters. The number of halogens is 3. The third-order valence-electron chi connectivity index (χ3n) is 1.05. The summed E-state index contributed by atoms with van der Waals surface area (Å²) in [7, 11) is -2.44. The zero-order valence-corrected chi connectivity index (χ0v) is 6.82. The van der Waals surface area contributed by atoms with Crippen LogP contribution in [0.1, 0.15) is 13.3 Å². The lowest BCUT2D eigenvalue weighted by atomic mass is 10.1. The Bertz CT molecular complexity index is 145. The summed E-state index contributed by atoms with van der Waals surface area (Å²) in [5.74, 6) is -0.774. The van der Waals surface area contributed by atoms with Crippen molar-refractivity contribution in [2.45, 2.75) is 19.5 Å². The van der Waals surface area contributed by atoms with Crippen LogP contribution in [0.3, 0.4) is 0 Å². The van der Waals surface area contributed by atoms with Crippen molar-refractivity contribution in [1.82, 2.24) is 0 Å². The summed E-state index contributed by atoms with van der Waals surface area (Å²) in [5, 5.41) is 0. The molecule has 0 aromatic carbocycles. The van der Waals surface area contributed by atoms with Gasteiger partial charge in [0.2, 0.25) is 0 Å². The Morgan fingerprint density at radius 3 is 2.27 bits per heavy atom. The first kappa shape index (κ1) is 10.8.